The summed E-state index contributed by atoms with van der Waals surface area (Å²) in [6.07, 6.45) is 2.20. The van der Waals surface area contributed by atoms with Crippen LogP contribution in [0.5, 0.6) is 0 Å². The van der Waals surface area contributed by atoms with Crippen LogP contribution in [0.3, 0.4) is 0 Å². The van der Waals surface area contributed by atoms with Crippen molar-refractivity contribution in [2.24, 2.45) is 5.73 Å². The molecule has 3 rings (SSSR count). The minimum Gasteiger partial charge on any atom is -0.460 e. The number of benzene rings is 1. The average Bonchev–Trinajstić information content (AvgIpc) is 2.84. The third kappa shape index (κ3) is 2.72. The molecule has 0 bridgehead atoms. The van der Waals surface area contributed by atoms with Crippen molar-refractivity contribution >= 4 is 0 Å². The van der Waals surface area contributed by atoms with Gasteiger partial charge >= 0.3 is 0 Å². The smallest absolute Gasteiger partial charge is 0.134 e. The summed E-state index contributed by atoms with van der Waals surface area (Å²) in [5.41, 5.74) is 6.96. The molecule has 0 aliphatic heterocycles. The van der Waals surface area contributed by atoms with Crippen molar-refractivity contribution < 1.29 is 4.42 Å². The van der Waals surface area contributed by atoms with Crippen LogP contribution in [0.25, 0.3) is 11.3 Å². The molecule has 19 heavy (non-hydrogen) atoms. The van der Waals surface area contributed by atoms with Gasteiger partial charge in [0, 0.05) is 17.6 Å². The van der Waals surface area contributed by atoms with E-state index < -0.39 is 0 Å². The van der Waals surface area contributed by atoms with Gasteiger partial charge in [0.15, 0.2) is 0 Å². The van der Waals surface area contributed by atoms with Crippen molar-refractivity contribution in [3.8, 4) is 11.3 Å². The molecule has 0 amide bonds. The maximum Gasteiger partial charge on any atom is 0.134 e. The SMILES string of the molecule is CN(Cc1ccc(-c2ccccc2)o1)C1CC(N)C1. The number of nitrogens with zero attached hydrogens (tertiary/aromatic N) is 1. The monoisotopic (exact) mass is 256 g/mol. The Morgan fingerprint density at radius 3 is 2.58 bits per heavy atom. The first-order valence-electron chi connectivity index (χ1n) is 6.82. The zero-order valence-corrected chi connectivity index (χ0v) is 11.3. The van der Waals surface area contributed by atoms with Gasteiger partial charge in [0.05, 0.1) is 6.54 Å². The molecule has 0 unspecified atom stereocenters. The fourth-order valence-corrected chi connectivity index (χ4v) is 2.59. The van der Waals surface area contributed by atoms with E-state index in [1.807, 2.05) is 24.3 Å². The van der Waals surface area contributed by atoms with Crippen LogP contribution in [0, 0.1) is 0 Å². The van der Waals surface area contributed by atoms with Gasteiger partial charge in [0.2, 0.25) is 0 Å². The minimum atomic E-state index is 0.393. The Morgan fingerprint density at radius 2 is 1.89 bits per heavy atom. The topological polar surface area (TPSA) is 42.4 Å². The second-order valence-corrected chi connectivity index (χ2v) is 5.43. The summed E-state index contributed by atoms with van der Waals surface area (Å²) in [4.78, 5) is 2.33. The van der Waals surface area contributed by atoms with Gasteiger partial charge in [-0.15, -0.1) is 0 Å². The lowest BCUT2D eigenvalue weighted by atomic mass is 9.86. The molecule has 2 N–H and O–H groups in total. The predicted molar refractivity (Wildman–Crippen MR) is 76.6 cm³/mol. The van der Waals surface area contributed by atoms with Crippen LogP contribution in [-0.4, -0.2) is 24.0 Å². The highest BCUT2D eigenvalue weighted by molar-refractivity contribution is 5.57. The molecule has 1 heterocycles. The molecule has 0 saturated heterocycles. The first-order valence-corrected chi connectivity index (χ1v) is 6.82. The summed E-state index contributed by atoms with van der Waals surface area (Å²) >= 11 is 0. The van der Waals surface area contributed by atoms with E-state index in [9.17, 15) is 0 Å². The quantitative estimate of drug-likeness (QED) is 0.914. The van der Waals surface area contributed by atoms with Gasteiger partial charge in [-0.2, -0.15) is 0 Å². The van der Waals surface area contributed by atoms with E-state index >= 15 is 0 Å². The van der Waals surface area contributed by atoms with Crippen LogP contribution in [-0.2, 0) is 6.54 Å². The molecule has 3 heteroatoms. The normalized spacial score (nSPS) is 22.5. The summed E-state index contributed by atoms with van der Waals surface area (Å²) in [7, 11) is 2.14. The van der Waals surface area contributed by atoms with Crippen LogP contribution in [0.2, 0.25) is 0 Å². The number of hydrogen-bond donors (Lipinski definition) is 1. The van der Waals surface area contributed by atoms with E-state index in [2.05, 4.69) is 30.1 Å². The Balaban J connectivity index is 1.65. The highest BCUT2D eigenvalue weighted by Crippen LogP contribution is 2.26. The van der Waals surface area contributed by atoms with E-state index in [-0.39, 0.29) is 0 Å². The van der Waals surface area contributed by atoms with Gasteiger partial charge in [-0.3, -0.25) is 4.90 Å². The third-order valence-corrected chi connectivity index (χ3v) is 3.90. The van der Waals surface area contributed by atoms with E-state index in [4.69, 9.17) is 10.2 Å². The minimum absolute atomic E-state index is 0.393. The molecule has 1 aliphatic rings. The molecule has 1 aromatic carbocycles. The van der Waals surface area contributed by atoms with Crippen molar-refractivity contribution in [1.82, 2.24) is 4.90 Å². The molecular formula is C16H20N2O. The first kappa shape index (κ1) is 12.5. The fraction of sp³-hybridized carbons (Fsp3) is 0.375. The first-order chi connectivity index (χ1) is 9.22. The Morgan fingerprint density at radius 1 is 1.16 bits per heavy atom. The highest BCUT2D eigenvalue weighted by Gasteiger charge is 2.29. The lowest BCUT2D eigenvalue weighted by Gasteiger charge is -2.38. The summed E-state index contributed by atoms with van der Waals surface area (Å²) in [5, 5.41) is 0. The molecule has 0 spiro atoms. The molecule has 1 aromatic heterocycles. The number of furan rings is 1. The Hall–Kier alpha value is -1.58. The second-order valence-electron chi connectivity index (χ2n) is 5.43. The third-order valence-electron chi connectivity index (χ3n) is 3.90. The number of rotatable bonds is 4. The van der Waals surface area contributed by atoms with E-state index in [0.29, 0.717) is 12.1 Å². The Labute approximate surface area is 114 Å². The largest absolute Gasteiger partial charge is 0.460 e. The molecule has 0 radical (unpaired) electrons. The zero-order chi connectivity index (χ0) is 13.2. The molecule has 3 nitrogen and oxygen atoms in total. The van der Waals surface area contributed by atoms with E-state index in [0.717, 1.165) is 36.5 Å². The van der Waals surface area contributed by atoms with Crippen LogP contribution in [0.1, 0.15) is 18.6 Å². The molecule has 1 aliphatic carbocycles. The van der Waals surface area contributed by atoms with Crippen LogP contribution < -0.4 is 5.73 Å². The average molecular weight is 256 g/mol. The molecule has 0 atom stereocenters. The summed E-state index contributed by atoms with van der Waals surface area (Å²) in [5.74, 6) is 1.95. The van der Waals surface area contributed by atoms with Crippen LogP contribution >= 0.6 is 0 Å². The summed E-state index contributed by atoms with van der Waals surface area (Å²) in [6.45, 7) is 0.851. The van der Waals surface area contributed by atoms with E-state index in [1.165, 1.54) is 0 Å². The molecule has 1 fully saturated rings. The van der Waals surface area contributed by atoms with Crippen molar-refractivity contribution in [3.63, 3.8) is 0 Å². The van der Waals surface area contributed by atoms with Gasteiger partial charge in [-0.1, -0.05) is 30.3 Å². The number of hydrogen-bond acceptors (Lipinski definition) is 3. The van der Waals surface area contributed by atoms with Crippen LogP contribution in [0.15, 0.2) is 46.9 Å². The Bertz CT molecular complexity index is 529. The molecule has 2 aromatic rings. The molecule has 100 valence electrons. The maximum absolute atomic E-state index is 5.91. The fourth-order valence-electron chi connectivity index (χ4n) is 2.59. The van der Waals surface area contributed by atoms with Crippen molar-refractivity contribution in [1.29, 1.82) is 0 Å². The van der Waals surface area contributed by atoms with Gasteiger partial charge in [0.25, 0.3) is 0 Å². The van der Waals surface area contributed by atoms with Gasteiger partial charge in [0.1, 0.15) is 11.5 Å². The maximum atomic E-state index is 5.91. The molecular weight excluding hydrogens is 236 g/mol. The summed E-state index contributed by atoms with van der Waals surface area (Å²) < 4.78 is 5.91. The summed E-state index contributed by atoms with van der Waals surface area (Å²) in [6, 6.07) is 15.3. The van der Waals surface area contributed by atoms with Gasteiger partial charge < -0.3 is 10.2 Å². The Kier molecular flexibility index (Phi) is 3.40. The van der Waals surface area contributed by atoms with Crippen molar-refractivity contribution in [2.75, 3.05) is 7.05 Å². The lowest BCUT2D eigenvalue weighted by molar-refractivity contribution is 0.125. The molecule has 1 saturated carbocycles. The van der Waals surface area contributed by atoms with Gasteiger partial charge in [-0.25, -0.2) is 0 Å². The number of nitrogens with two attached hydrogens (primary N) is 1. The second kappa shape index (κ2) is 5.19. The van der Waals surface area contributed by atoms with Crippen molar-refractivity contribution in [2.45, 2.75) is 31.5 Å². The van der Waals surface area contributed by atoms with Gasteiger partial charge in [-0.05, 0) is 32.0 Å². The van der Waals surface area contributed by atoms with Crippen LogP contribution in [0.4, 0.5) is 0 Å². The highest BCUT2D eigenvalue weighted by atomic mass is 16.3. The predicted octanol–water partition coefficient (Wildman–Crippen LogP) is 2.87. The zero-order valence-electron chi connectivity index (χ0n) is 11.3. The standard InChI is InChI=1S/C16H20N2O/c1-18(14-9-13(17)10-14)11-15-7-8-16(19-15)12-5-3-2-4-6-12/h2-8,13-14H,9-11,17H2,1H3. The van der Waals surface area contributed by atoms with Crippen molar-refractivity contribution in [3.05, 3.63) is 48.2 Å². The van der Waals surface area contributed by atoms with E-state index in [1.54, 1.807) is 0 Å². The lowest BCUT2D eigenvalue weighted by Crippen LogP contribution is -2.48.